The number of rotatable bonds is 16. The minimum atomic E-state index is 0.479. The van der Waals surface area contributed by atoms with Gasteiger partial charge in [-0.1, -0.05) is 98.5 Å². The molecule has 156 valence electrons. The molecule has 0 spiro atoms. The summed E-state index contributed by atoms with van der Waals surface area (Å²) >= 11 is 0. The molecular weight excluding hydrogens is 352 g/mol. The maximum atomic E-state index is 5.83. The van der Waals surface area contributed by atoms with Crippen molar-refractivity contribution in [3.05, 3.63) is 97.1 Å². The van der Waals surface area contributed by atoms with Gasteiger partial charge in [0.25, 0.3) is 0 Å². The van der Waals surface area contributed by atoms with Crippen LogP contribution in [-0.2, 0) is 4.74 Å². The van der Waals surface area contributed by atoms with Crippen LogP contribution in [0.4, 0.5) is 0 Å². The lowest BCUT2D eigenvalue weighted by Gasteiger charge is -2.13. The van der Waals surface area contributed by atoms with Crippen LogP contribution in [0.5, 0.6) is 0 Å². The van der Waals surface area contributed by atoms with Crippen LogP contribution in [0.3, 0.4) is 0 Å². The van der Waals surface area contributed by atoms with E-state index in [0.29, 0.717) is 11.8 Å². The average Bonchev–Trinajstić information content (AvgIpc) is 2.78. The van der Waals surface area contributed by atoms with Crippen LogP contribution in [0.25, 0.3) is 0 Å². The molecule has 1 nitrogen and oxygen atoms in total. The zero-order valence-electron chi connectivity index (χ0n) is 18.0. The van der Waals surface area contributed by atoms with Crippen molar-refractivity contribution in [2.45, 2.75) is 63.2 Å². The third-order valence-corrected chi connectivity index (χ3v) is 5.63. The highest BCUT2D eigenvalue weighted by Crippen LogP contribution is 2.24. The zero-order valence-corrected chi connectivity index (χ0v) is 18.0. The predicted molar refractivity (Wildman–Crippen MR) is 127 cm³/mol. The van der Waals surface area contributed by atoms with Gasteiger partial charge in [-0.3, -0.25) is 0 Å². The summed E-state index contributed by atoms with van der Waals surface area (Å²) < 4.78 is 5.83. The van der Waals surface area contributed by atoms with E-state index in [4.69, 9.17) is 4.74 Å². The summed E-state index contributed by atoms with van der Waals surface area (Å²) in [6, 6.07) is 21.4. The SMILES string of the molecule is C=CC(CCCCCOCCCCCC(C=C)c1ccccc1)c1ccccc1. The largest absolute Gasteiger partial charge is 0.381 e. The van der Waals surface area contributed by atoms with Crippen LogP contribution < -0.4 is 0 Å². The van der Waals surface area contributed by atoms with Gasteiger partial charge in [0.2, 0.25) is 0 Å². The van der Waals surface area contributed by atoms with E-state index in [9.17, 15) is 0 Å². The standard InChI is InChI=1S/C28H38O/c1-3-25(27-19-9-5-10-20-27)17-13-7-15-23-29-24-16-8-14-18-26(4-2)28-21-11-6-12-22-28/h3-6,9-12,19-22,25-26H,1-2,7-8,13-18,23-24H2. The quantitative estimate of drug-likeness (QED) is 0.208. The van der Waals surface area contributed by atoms with Crippen molar-refractivity contribution in [3.8, 4) is 0 Å². The summed E-state index contributed by atoms with van der Waals surface area (Å²) in [7, 11) is 0. The van der Waals surface area contributed by atoms with Crippen molar-refractivity contribution in [1.82, 2.24) is 0 Å². The lowest BCUT2D eigenvalue weighted by atomic mass is 9.93. The monoisotopic (exact) mass is 390 g/mol. The van der Waals surface area contributed by atoms with Gasteiger partial charge in [0.15, 0.2) is 0 Å². The van der Waals surface area contributed by atoms with Crippen LogP contribution in [0.1, 0.15) is 74.3 Å². The van der Waals surface area contributed by atoms with Gasteiger partial charge in [0.05, 0.1) is 0 Å². The molecular formula is C28H38O. The molecule has 2 aromatic rings. The predicted octanol–water partition coefficient (Wildman–Crippen LogP) is 8.06. The fourth-order valence-corrected chi connectivity index (χ4v) is 3.83. The molecule has 0 bridgehead atoms. The second kappa shape index (κ2) is 14.8. The summed E-state index contributed by atoms with van der Waals surface area (Å²) in [6.07, 6.45) is 13.8. The van der Waals surface area contributed by atoms with Crippen molar-refractivity contribution >= 4 is 0 Å². The first-order chi connectivity index (χ1) is 14.3. The molecule has 0 saturated heterocycles. The molecule has 2 atom stereocenters. The Balaban J connectivity index is 1.44. The summed E-state index contributed by atoms with van der Waals surface area (Å²) in [4.78, 5) is 0. The maximum Gasteiger partial charge on any atom is 0.0466 e. The van der Waals surface area contributed by atoms with Gasteiger partial charge in [-0.05, 0) is 36.8 Å². The first-order valence-corrected chi connectivity index (χ1v) is 11.3. The molecule has 2 aromatic carbocycles. The molecule has 29 heavy (non-hydrogen) atoms. The van der Waals surface area contributed by atoms with E-state index in [1.807, 2.05) is 0 Å². The van der Waals surface area contributed by atoms with Crippen LogP contribution in [-0.4, -0.2) is 13.2 Å². The smallest absolute Gasteiger partial charge is 0.0466 e. The Hall–Kier alpha value is -2.12. The second-order valence-corrected chi connectivity index (χ2v) is 7.82. The van der Waals surface area contributed by atoms with Gasteiger partial charge in [0.1, 0.15) is 0 Å². The number of allylic oxidation sites excluding steroid dienone is 2. The number of benzene rings is 2. The van der Waals surface area contributed by atoms with E-state index in [-0.39, 0.29) is 0 Å². The Morgan fingerprint density at radius 3 is 1.38 bits per heavy atom. The van der Waals surface area contributed by atoms with E-state index in [1.165, 1.54) is 49.7 Å². The van der Waals surface area contributed by atoms with Crippen molar-refractivity contribution < 1.29 is 4.74 Å². The third-order valence-electron chi connectivity index (χ3n) is 5.63. The summed E-state index contributed by atoms with van der Waals surface area (Å²) in [5, 5.41) is 0. The van der Waals surface area contributed by atoms with Gasteiger partial charge < -0.3 is 4.74 Å². The number of ether oxygens (including phenoxy) is 1. The Morgan fingerprint density at radius 2 is 1.00 bits per heavy atom. The van der Waals surface area contributed by atoms with Gasteiger partial charge in [-0.25, -0.2) is 0 Å². The van der Waals surface area contributed by atoms with Crippen LogP contribution in [0, 0.1) is 0 Å². The molecule has 0 amide bonds. The molecule has 2 rings (SSSR count). The molecule has 0 radical (unpaired) electrons. The highest BCUT2D eigenvalue weighted by Gasteiger charge is 2.07. The molecule has 0 fully saturated rings. The van der Waals surface area contributed by atoms with Gasteiger partial charge in [-0.15, -0.1) is 13.2 Å². The summed E-state index contributed by atoms with van der Waals surface area (Å²) in [5.41, 5.74) is 2.76. The molecule has 0 aliphatic carbocycles. The lowest BCUT2D eigenvalue weighted by molar-refractivity contribution is 0.125. The molecule has 0 N–H and O–H groups in total. The highest BCUT2D eigenvalue weighted by atomic mass is 16.5. The Bertz CT molecular complexity index is 602. The van der Waals surface area contributed by atoms with E-state index in [0.717, 1.165) is 26.1 Å². The molecule has 0 heterocycles. The lowest BCUT2D eigenvalue weighted by Crippen LogP contribution is -1.99. The summed E-state index contributed by atoms with van der Waals surface area (Å²) in [5.74, 6) is 0.958. The molecule has 2 unspecified atom stereocenters. The molecule has 0 saturated carbocycles. The minimum Gasteiger partial charge on any atom is -0.381 e. The van der Waals surface area contributed by atoms with Gasteiger partial charge in [-0.2, -0.15) is 0 Å². The minimum absolute atomic E-state index is 0.479. The fourth-order valence-electron chi connectivity index (χ4n) is 3.83. The van der Waals surface area contributed by atoms with Crippen LogP contribution in [0.15, 0.2) is 86.0 Å². The number of hydrogen-bond acceptors (Lipinski definition) is 1. The van der Waals surface area contributed by atoms with Crippen molar-refractivity contribution in [1.29, 1.82) is 0 Å². The molecule has 0 aliphatic rings. The molecule has 0 aromatic heterocycles. The van der Waals surface area contributed by atoms with Crippen molar-refractivity contribution in [3.63, 3.8) is 0 Å². The van der Waals surface area contributed by atoms with Crippen LogP contribution >= 0.6 is 0 Å². The topological polar surface area (TPSA) is 9.23 Å². The second-order valence-electron chi connectivity index (χ2n) is 7.82. The summed E-state index contributed by atoms with van der Waals surface area (Å²) in [6.45, 7) is 9.79. The number of hydrogen-bond donors (Lipinski definition) is 0. The average molecular weight is 391 g/mol. The normalized spacial score (nSPS) is 13.0. The van der Waals surface area contributed by atoms with E-state index in [1.54, 1.807) is 0 Å². The van der Waals surface area contributed by atoms with Crippen molar-refractivity contribution in [2.24, 2.45) is 0 Å². The van der Waals surface area contributed by atoms with Crippen molar-refractivity contribution in [2.75, 3.05) is 13.2 Å². The Kier molecular flexibility index (Phi) is 11.8. The zero-order chi connectivity index (χ0) is 20.6. The van der Waals surface area contributed by atoms with Gasteiger partial charge >= 0.3 is 0 Å². The van der Waals surface area contributed by atoms with Gasteiger partial charge in [0, 0.05) is 25.0 Å². The van der Waals surface area contributed by atoms with E-state index in [2.05, 4.69) is 86.0 Å². The first kappa shape index (κ1) is 23.2. The van der Waals surface area contributed by atoms with Crippen LogP contribution in [0.2, 0.25) is 0 Å². The molecule has 0 aliphatic heterocycles. The third kappa shape index (κ3) is 9.28. The van der Waals surface area contributed by atoms with E-state index < -0.39 is 0 Å². The fraction of sp³-hybridized carbons (Fsp3) is 0.429. The first-order valence-electron chi connectivity index (χ1n) is 11.3. The Labute approximate surface area is 178 Å². The number of unbranched alkanes of at least 4 members (excludes halogenated alkanes) is 4. The molecule has 1 heteroatoms. The highest BCUT2D eigenvalue weighted by molar-refractivity contribution is 5.23. The Morgan fingerprint density at radius 1 is 0.586 bits per heavy atom. The van der Waals surface area contributed by atoms with E-state index >= 15 is 0 Å². The maximum absolute atomic E-state index is 5.83.